The maximum absolute atomic E-state index is 12.3. The van der Waals surface area contributed by atoms with Crippen molar-refractivity contribution in [2.75, 3.05) is 12.3 Å². The lowest BCUT2D eigenvalue weighted by Crippen LogP contribution is -2.25. The first kappa shape index (κ1) is 16.3. The predicted octanol–water partition coefficient (Wildman–Crippen LogP) is 2.85. The van der Waals surface area contributed by atoms with Gasteiger partial charge in [-0.2, -0.15) is 5.10 Å². The van der Waals surface area contributed by atoms with Crippen LogP contribution in [0.5, 0.6) is 0 Å². The Morgan fingerprint density at radius 2 is 2.08 bits per heavy atom. The summed E-state index contributed by atoms with van der Waals surface area (Å²) < 4.78 is 1.83. The van der Waals surface area contributed by atoms with E-state index in [1.165, 1.54) is 0 Å². The Morgan fingerprint density at radius 1 is 1.12 bits per heavy atom. The van der Waals surface area contributed by atoms with Crippen LogP contribution in [-0.2, 0) is 6.54 Å². The normalized spacial score (nSPS) is 10.5. The fourth-order valence-electron chi connectivity index (χ4n) is 2.25. The van der Waals surface area contributed by atoms with E-state index in [2.05, 4.69) is 15.4 Å². The number of carbonyl (C=O) groups is 1. The summed E-state index contributed by atoms with van der Waals surface area (Å²) in [6.45, 7) is 1.26. The summed E-state index contributed by atoms with van der Waals surface area (Å²) in [5.74, 6) is 0.731. The van der Waals surface area contributed by atoms with Crippen LogP contribution in [0.1, 0.15) is 15.9 Å². The van der Waals surface area contributed by atoms with E-state index in [1.54, 1.807) is 24.2 Å². The number of hydrogen-bond acceptors (Lipinski definition) is 4. The zero-order chi connectivity index (χ0) is 16.6. The van der Waals surface area contributed by atoms with Gasteiger partial charge in [-0.3, -0.25) is 9.48 Å². The number of thioether (sulfide) groups is 1. The minimum Gasteiger partial charge on any atom is -0.351 e. The summed E-state index contributed by atoms with van der Waals surface area (Å²) >= 11 is 1.63. The van der Waals surface area contributed by atoms with Crippen molar-refractivity contribution in [2.45, 2.75) is 11.6 Å². The zero-order valence-electron chi connectivity index (χ0n) is 13.1. The van der Waals surface area contributed by atoms with Gasteiger partial charge in [0.15, 0.2) is 0 Å². The van der Waals surface area contributed by atoms with Crippen LogP contribution in [-0.4, -0.2) is 33.0 Å². The molecule has 0 fully saturated rings. The lowest BCUT2D eigenvalue weighted by atomic mass is 10.1. The molecule has 2 heterocycles. The molecule has 2 aromatic heterocycles. The quantitative estimate of drug-likeness (QED) is 0.532. The summed E-state index contributed by atoms with van der Waals surface area (Å²) in [6.07, 6.45) is 5.42. The molecule has 0 spiro atoms. The molecule has 0 atom stereocenters. The Kier molecular flexibility index (Phi) is 5.63. The molecule has 0 unspecified atom stereocenters. The Morgan fingerprint density at radius 3 is 2.88 bits per heavy atom. The fraction of sp³-hybridized carbons (Fsp3) is 0.167. The van der Waals surface area contributed by atoms with Gasteiger partial charge >= 0.3 is 0 Å². The molecule has 0 aliphatic carbocycles. The van der Waals surface area contributed by atoms with E-state index in [0.29, 0.717) is 18.7 Å². The number of nitrogens with zero attached hydrogens (tertiary/aromatic N) is 3. The van der Waals surface area contributed by atoms with Crippen molar-refractivity contribution in [3.63, 3.8) is 0 Å². The second kappa shape index (κ2) is 8.31. The van der Waals surface area contributed by atoms with Gasteiger partial charge in [0, 0.05) is 36.5 Å². The van der Waals surface area contributed by atoms with E-state index < -0.39 is 0 Å². The minimum atomic E-state index is -0.0565. The maximum atomic E-state index is 12.3. The Bertz CT molecular complexity index is 775. The van der Waals surface area contributed by atoms with Crippen molar-refractivity contribution in [1.82, 2.24) is 20.1 Å². The van der Waals surface area contributed by atoms with Crippen LogP contribution in [0, 0.1) is 0 Å². The lowest BCUT2D eigenvalue weighted by molar-refractivity contribution is 0.0956. The molecule has 3 aromatic rings. The molecule has 1 aromatic carbocycles. The molecule has 0 saturated heterocycles. The third-order valence-corrected chi connectivity index (χ3v) is 4.31. The van der Waals surface area contributed by atoms with Gasteiger partial charge in [-0.1, -0.05) is 18.2 Å². The number of amides is 1. The summed E-state index contributed by atoms with van der Waals surface area (Å²) in [5.41, 5.74) is 1.72. The van der Waals surface area contributed by atoms with Gasteiger partial charge < -0.3 is 5.32 Å². The topological polar surface area (TPSA) is 59.8 Å². The number of rotatable bonds is 7. The second-order valence-corrected chi connectivity index (χ2v) is 6.29. The molecule has 122 valence electrons. The van der Waals surface area contributed by atoms with E-state index in [0.717, 1.165) is 16.3 Å². The first-order valence-corrected chi connectivity index (χ1v) is 8.68. The van der Waals surface area contributed by atoms with Gasteiger partial charge in [-0.25, -0.2) is 4.98 Å². The van der Waals surface area contributed by atoms with E-state index in [9.17, 15) is 4.79 Å². The summed E-state index contributed by atoms with van der Waals surface area (Å²) in [6, 6.07) is 15.3. The van der Waals surface area contributed by atoms with Crippen LogP contribution < -0.4 is 5.32 Å². The monoisotopic (exact) mass is 338 g/mol. The molecule has 0 aliphatic rings. The Hall–Kier alpha value is -2.60. The summed E-state index contributed by atoms with van der Waals surface area (Å²) in [4.78, 5) is 16.5. The van der Waals surface area contributed by atoms with Gasteiger partial charge in [0.25, 0.3) is 5.91 Å². The van der Waals surface area contributed by atoms with Crippen molar-refractivity contribution < 1.29 is 4.79 Å². The highest BCUT2D eigenvalue weighted by Crippen LogP contribution is 2.13. The smallest absolute Gasteiger partial charge is 0.251 e. The summed E-state index contributed by atoms with van der Waals surface area (Å²) in [5, 5.41) is 8.09. The van der Waals surface area contributed by atoms with Crippen LogP contribution in [0.2, 0.25) is 0 Å². The average Bonchev–Trinajstić information content (AvgIpc) is 3.13. The lowest BCUT2D eigenvalue weighted by Gasteiger charge is -2.07. The van der Waals surface area contributed by atoms with Crippen LogP contribution in [0.15, 0.2) is 72.1 Å². The molecule has 0 aliphatic heterocycles. The third kappa shape index (κ3) is 4.70. The van der Waals surface area contributed by atoms with Crippen molar-refractivity contribution in [1.29, 1.82) is 0 Å². The Labute approximate surface area is 145 Å². The Balaban J connectivity index is 1.49. The average molecular weight is 338 g/mol. The van der Waals surface area contributed by atoms with Crippen LogP contribution in [0.4, 0.5) is 0 Å². The minimum absolute atomic E-state index is 0.0565. The first-order chi connectivity index (χ1) is 11.8. The standard InChI is InChI=1S/C18H18N4OS/c23-18(20-10-12-24-17-7-1-2-8-19-17)16-6-3-5-15(13-16)14-22-11-4-9-21-22/h1-9,11,13H,10,12,14H2,(H,20,23). The zero-order valence-corrected chi connectivity index (χ0v) is 13.9. The number of hydrogen-bond donors (Lipinski definition) is 1. The number of nitrogens with one attached hydrogen (secondary N) is 1. The molecule has 0 saturated carbocycles. The number of carbonyl (C=O) groups excluding carboxylic acids is 1. The summed E-state index contributed by atoms with van der Waals surface area (Å²) in [7, 11) is 0. The van der Waals surface area contributed by atoms with Gasteiger partial charge in [-0.05, 0) is 35.9 Å². The van der Waals surface area contributed by atoms with Gasteiger partial charge in [0.05, 0.1) is 11.6 Å². The molecule has 1 N–H and O–H groups in total. The highest BCUT2D eigenvalue weighted by atomic mass is 32.2. The SMILES string of the molecule is O=C(NCCSc1ccccn1)c1cccc(Cn2cccn2)c1. The van der Waals surface area contributed by atoms with Crippen LogP contribution in [0.3, 0.4) is 0 Å². The van der Waals surface area contributed by atoms with E-state index in [1.807, 2.05) is 59.4 Å². The van der Waals surface area contributed by atoms with E-state index in [-0.39, 0.29) is 5.91 Å². The molecule has 1 amide bonds. The van der Waals surface area contributed by atoms with E-state index >= 15 is 0 Å². The van der Waals surface area contributed by atoms with E-state index in [4.69, 9.17) is 0 Å². The largest absolute Gasteiger partial charge is 0.351 e. The molecule has 24 heavy (non-hydrogen) atoms. The number of aromatic nitrogens is 3. The van der Waals surface area contributed by atoms with Gasteiger partial charge in [-0.15, -0.1) is 11.8 Å². The third-order valence-electron chi connectivity index (χ3n) is 3.37. The van der Waals surface area contributed by atoms with Gasteiger partial charge in [0.1, 0.15) is 0 Å². The molecule has 0 radical (unpaired) electrons. The molecular weight excluding hydrogens is 320 g/mol. The molecule has 3 rings (SSSR count). The second-order valence-electron chi connectivity index (χ2n) is 5.18. The van der Waals surface area contributed by atoms with Gasteiger partial charge in [0.2, 0.25) is 0 Å². The van der Waals surface area contributed by atoms with Crippen LogP contribution in [0.25, 0.3) is 0 Å². The molecule has 5 nitrogen and oxygen atoms in total. The first-order valence-electron chi connectivity index (χ1n) is 7.70. The highest BCUT2D eigenvalue weighted by Gasteiger charge is 2.06. The number of pyridine rings is 1. The molecular formula is C18H18N4OS. The fourth-order valence-corrected chi connectivity index (χ4v) is 2.97. The maximum Gasteiger partial charge on any atom is 0.251 e. The highest BCUT2D eigenvalue weighted by molar-refractivity contribution is 7.99. The molecule has 0 bridgehead atoms. The van der Waals surface area contributed by atoms with Crippen molar-refractivity contribution in [2.24, 2.45) is 0 Å². The molecule has 6 heteroatoms. The van der Waals surface area contributed by atoms with Crippen molar-refractivity contribution in [3.05, 3.63) is 78.2 Å². The van der Waals surface area contributed by atoms with Crippen LogP contribution >= 0.6 is 11.8 Å². The van der Waals surface area contributed by atoms with Crippen molar-refractivity contribution >= 4 is 17.7 Å². The van der Waals surface area contributed by atoms with Crippen molar-refractivity contribution in [3.8, 4) is 0 Å². The predicted molar refractivity (Wildman–Crippen MR) is 95.1 cm³/mol. The number of benzene rings is 1.